The summed E-state index contributed by atoms with van der Waals surface area (Å²) >= 11 is 0. The number of piperazine rings is 1. The first-order valence-electron chi connectivity index (χ1n) is 14.4. The number of aromatic nitrogens is 2. The van der Waals surface area contributed by atoms with Crippen molar-refractivity contribution in [3.05, 3.63) is 60.2 Å². The van der Waals surface area contributed by atoms with Crippen molar-refractivity contribution in [2.75, 3.05) is 45.5 Å². The van der Waals surface area contributed by atoms with Gasteiger partial charge in [-0.1, -0.05) is 12.1 Å². The second kappa shape index (κ2) is 13.4. The van der Waals surface area contributed by atoms with Gasteiger partial charge in [-0.2, -0.15) is 0 Å². The third-order valence-corrected chi connectivity index (χ3v) is 8.94. The SMILES string of the molecule is CCOC(=O)[C@@H](C)OP(=O)(O)CCN1CCN(C(=O)Oc2c3cccnc3c(O)c3c(O)n(Cc4ccc(F)cc4)cc23)CC1. The van der Waals surface area contributed by atoms with Gasteiger partial charge in [-0.25, -0.2) is 14.0 Å². The topological polar surface area (TPSA) is 164 Å². The molecule has 240 valence electrons. The largest absolute Gasteiger partial charge is 0.505 e. The Labute approximate surface area is 257 Å². The van der Waals surface area contributed by atoms with Gasteiger partial charge in [0.1, 0.15) is 11.3 Å². The molecule has 1 aliphatic rings. The number of carbonyl (C=O) groups is 2. The van der Waals surface area contributed by atoms with Crippen molar-refractivity contribution in [3.8, 4) is 17.4 Å². The number of pyridine rings is 1. The molecule has 0 radical (unpaired) electrons. The van der Waals surface area contributed by atoms with Crippen LogP contribution in [-0.4, -0.2) is 98.1 Å². The average molecular weight is 645 g/mol. The first-order chi connectivity index (χ1) is 21.5. The van der Waals surface area contributed by atoms with Gasteiger partial charge < -0.3 is 34.0 Å². The van der Waals surface area contributed by atoms with E-state index >= 15 is 0 Å². The zero-order valence-electron chi connectivity index (χ0n) is 24.8. The molecule has 1 unspecified atom stereocenters. The molecule has 45 heavy (non-hydrogen) atoms. The molecule has 2 aromatic carbocycles. The Morgan fingerprint density at radius 1 is 1.09 bits per heavy atom. The molecule has 3 heterocycles. The molecule has 5 rings (SSSR count). The van der Waals surface area contributed by atoms with E-state index in [2.05, 4.69) is 4.98 Å². The van der Waals surface area contributed by atoms with E-state index in [1.165, 1.54) is 34.7 Å². The smallest absolute Gasteiger partial charge is 0.415 e. The average Bonchev–Trinajstić information content (AvgIpc) is 3.35. The third kappa shape index (κ3) is 7.20. The molecule has 13 nitrogen and oxygen atoms in total. The van der Waals surface area contributed by atoms with Crippen molar-refractivity contribution in [3.63, 3.8) is 0 Å². The Kier molecular flexibility index (Phi) is 9.59. The first-order valence-corrected chi connectivity index (χ1v) is 16.2. The van der Waals surface area contributed by atoms with Gasteiger partial charge in [0.05, 0.1) is 30.1 Å². The summed E-state index contributed by atoms with van der Waals surface area (Å²) in [6.07, 6.45) is 0.992. The maximum absolute atomic E-state index is 13.4. The number of nitrogens with zero attached hydrogens (tertiary/aromatic N) is 4. The molecule has 15 heteroatoms. The Morgan fingerprint density at radius 3 is 2.49 bits per heavy atom. The second-order valence-electron chi connectivity index (χ2n) is 10.6. The molecule has 0 spiro atoms. The van der Waals surface area contributed by atoms with Crippen LogP contribution in [0.4, 0.5) is 9.18 Å². The molecule has 0 saturated carbocycles. The normalized spacial score (nSPS) is 16.0. The Bertz CT molecular complexity index is 1760. The van der Waals surface area contributed by atoms with Gasteiger partial charge in [-0.05, 0) is 43.7 Å². The molecule has 0 bridgehead atoms. The van der Waals surface area contributed by atoms with Crippen LogP contribution in [0.1, 0.15) is 19.4 Å². The van der Waals surface area contributed by atoms with E-state index in [-0.39, 0.29) is 72.6 Å². The molecule has 1 fully saturated rings. The molecule has 3 N–H and O–H groups in total. The van der Waals surface area contributed by atoms with Crippen LogP contribution in [0.5, 0.6) is 17.4 Å². The standard InChI is InChI=1S/C30H34FN4O9P/c1-3-42-29(38)19(2)44-45(40,41)16-15-33-11-13-34(14-12-33)30(39)43-27-22-5-4-10-32-25(22)26(36)24-23(27)18-35(28(24)37)17-20-6-8-21(31)9-7-20/h4-10,18-19,36-37H,3,11-17H2,1-2H3,(H,40,41)/t19-/m1/s1. The molecule has 2 atom stereocenters. The Hall–Kier alpha value is -4.23. The van der Waals surface area contributed by atoms with Gasteiger partial charge in [-0.15, -0.1) is 0 Å². The number of benzene rings is 2. The fourth-order valence-corrected chi connectivity index (χ4v) is 6.41. The minimum absolute atomic E-state index is 0.0591. The number of phenolic OH excluding ortho intramolecular Hbond substituents is 1. The van der Waals surface area contributed by atoms with Gasteiger partial charge in [0.2, 0.25) is 5.88 Å². The number of esters is 1. The predicted octanol–water partition coefficient (Wildman–Crippen LogP) is 4.06. The zero-order chi connectivity index (χ0) is 32.3. The van der Waals surface area contributed by atoms with E-state index < -0.39 is 31.6 Å². The van der Waals surface area contributed by atoms with Gasteiger partial charge in [-0.3, -0.25) is 19.0 Å². The van der Waals surface area contributed by atoms with Crippen molar-refractivity contribution < 1.29 is 47.6 Å². The van der Waals surface area contributed by atoms with E-state index in [0.29, 0.717) is 24.0 Å². The van der Waals surface area contributed by atoms with Crippen LogP contribution in [0.15, 0.2) is 48.8 Å². The van der Waals surface area contributed by atoms with Crippen LogP contribution < -0.4 is 4.74 Å². The number of ether oxygens (including phenoxy) is 2. The van der Waals surface area contributed by atoms with Crippen molar-refractivity contribution in [1.82, 2.24) is 19.4 Å². The van der Waals surface area contributed by atoms with E-state index in [9.17, 15) is 33.7 Å². The number of halogens is 1. The molecule has 0 aliphatic carbocycles. The van der Waals surface area contributed by atoms with Crippen molar-refractivity contribution in [1.29, 1.82) is 0 Å². The summed E-state index contributed by atoms with van der Waals surface area (Å²) in [6.45, 7) is 4.80. The molecule has 1 amide bonds. The van der Waals surface area contributed by atoms with Crippen molar-refractivity contribution in [2.24, 2.45) is 0 Å². The third-order valence-electron chi connectivity index (χ3n) is 7.53. The quantitative estimate of drug-likeness (QED) is 0.169. The van der Waals surface area contributed by atoms with Crippen LogP contribution in [0.25, 0.3) is 21.7 Å². The highest BCUT2D eigenvalue weighted by Crippen LogP contribution is 2.46. The number of aromatic hydroxyl groups is 2. The molecule has 1 aliphatic heterocycles. The van der Waals surface area contributed by atoms with Crippen LogP contribution in [-0.2, 0) is 25.2 Å². The summed E-state index contributed by atoms with van der Waals surface area (Å²) in [5.41, 5.74) is 0.837. The lowest BCUT2D eigenvalue weighted by Crippen LogP contribution is -2.50. The van der Waals surface area contributed by atoms with E-state index in [0.717, 1.165) is 0 Å². The number of phenols is 1. The number of amides is 1. The summed E-state index contributed by atoms with van der Waals surface area (Å²) in [4.78, 5) is 42.9. The number of rotatable bonds is 10. The van der Waals surface area contributed by atoms with E-state index in [1.54, 1.807) is 37.4 Å². The summed E-state index contributed by atoms with van der Waals surface area (Å²) in [5, 5.41) is 22.8. The lowest BCUT2D eigenvalue weighted by Gasteiger charge is -2.34. The zero-order valence-corrected chi connectivity index (χ0v) is 25.7. The molecular formula is C30H34FN4O9P. The monoisotopic (exact) mass is 644 g/mol. The lowest BCUT2D eigenvalue weighted by molar-refractivity contribution is -0.150. The molecule has 2 aromatic heterocycles. The van der Waals surface area contributed by atoms with Gasteiger partial charge in [0.15, 0.2) is 17.6 Å². The number of hydrogen-bond donors (Lipinski definition) is 3. The summed E-state index contributed by atoms with van der Waals surface area (Å²) in [7, 11) is -4.06. The van der Waals surface area contributed by atoms with Gasteiger partial charge in [0.25, 0.3) is 0 Å². The maximum atomic E-state index is 13.4. The van der Waals surface area contributed by atoms with E-state index in [4.69, 9.17) is 14.0 Å². The lowest BCUT2D eigenvalue weighted by atomic mass is 10.1. The second-order valence-corrected chi connectivity index (χ2v) is 12.6. The van der Waals surface area contributed by atoms with Crippen LogP contribution >= 0.6 is 7.60 Å². The van der Waals surface area contributed by atoms with Crippen molar-refractivity contribution in [2.45, 2.75) is 26.5 Å². The Morgan fingerprint density at radius 2 is 1.80 bits per heavy atom. The fraction of sp³-hybridized carbons (Fsp3) is 0.367. The summed E-state index contributed by atoms with van der Waals surface area (Å²) in [5.74, 6) is -1.54. The molecule has 1 saturated heterocycles. The summed E-state index contributed by atoms with van der Waals surface area (Å²) < 4.78 is 43.1. The van der Waals surface area contributed by atoms with Gasteiger partial charge in [0, 0.05) is 50.5 Å². The van der Waals surface area contributed by atoms with Crippen LogP contribution in [0, 0.1) is 5.82 Å². The predicted molar refractivity (Wildman–Crippen MR) is 162 cm³/mol. The van der Waals surface area contributed by atoms with Crippen molar-refractivity contribution >= 4 is 41.3 Å². The van der Waals surface area contributed by atoms with Crippen LogP contribution in [0.2, 0.25) is 0 Å². The highest BCUT2D eigenvalue weighted by atomic mass is 31.2. The minimum Gasteiger partial charge on any atom is -0.505 e. The van der Waals surface area contributed by atoms with Crippen LogP contribution in [0.3, 0.4) is 0 Å². The number of hydrogen-bond acceptors (Lipinski definition) is 10. The fourth-order valence-electron chi connectivity index (χ4n) is 5.19. The van der Waals surface area contributed by atoms with E-state index in [1.807, 2.05) is 4.90 Å². The molecular weight excluding hydrogens is 610 g/mol. The minimum atomic E-state index is -4.06. The first kappa shape index (κ1) is 32.2. The number of carbonyl (C=O) groups excluding carboxylic acids is 2. The highest BCUT2D eigenvalue weighted by molar-refractivity contribution is 7.52. The number of fused-ring (bicyclic) bond motifs is 2. The Balaban J connectivity index is 1.29. The van der Waals surface area contributed by atoms with Gasteiger partial charge >= 0.3 is 19.7 Å². The molecule has 4 aromatic rings. The maximum Gasteiger partial charge on any atom is 0.415 e. The highest BCUT2D eigenvalue weighted by Gasteiger charge is 2.31. The summed E-state index contributed by atoms with van der Waals surface area (Å²) in [6, 6.07) is 9.05.